The number of nitrogens with zero attached hydrogens (tertiary/aromatic N) is 2. The van der Waals surface area contributed by atoms with E-state index in [1.165, 1.54) is 12.1 Å². The molecule has 1 heterocycles. The number of fused-ring (bicyclic) bond motifs is 1. The Morgan fingerprint density at radius 1 is 1.03 bits per heavy atom. The molecule has 0 saturated heterocycles. The van der Waals surface area contributed by atoms with E-state index in [2.05, 4.69) is 16.3 Å². The Kier molecular flexibility index (Phi) is 7.90. The summed E-state index contributed by atoms with van der Waals surface area (Å²) in [7, 11) is 4.10. The van der Waals surface area contributed by atoms with Crippen LogP contribution in [0.25, 0.3) is 0 Å². The molecule has 0 aliphatic carbocycles. The van der Waals surface area contributed by atoms with Gasteiger partial charge in [-0.2, -0.15) is 0 Å². The number of carboxylic acids is 1. The summed E-state index contributed by atoms with van der Waals surface area (Å²) in [4.78, 5) is 31.3. The number of rotatable bonds is 10. The van der Waals surface area contributed by atoms with Crippen molar-refractivity contribution >= 4 is 29.0 Å². The molecule has 0 spiro atoms. The molecule has 0 bridgehead atoms. The predicted octanol–water partition coefficient (Wildman–Crippen LogP) is 5.19. The molecule has 0 radical (unpaired) electrons. The SMILES string of the molecule is CN(C)CCCc1cccc(N=C(c2cccc(CCC(=O)O)c2)C2C(=O)Nc3cc(F)ccc32)c1. The fourth-order valence-corrected chi connectivity index (χ4v) is 4.46. The molecule has 1 aliphatic rings. The Balaban J connectivity index is 1.75. The summed E-state index contributed by atoms with van der Waals surface area (Å²) in [5.41, 5.74) is 5.11. The molecule has 36 heavy (non-hydrogen) atoms. The molecule has 1 aliphatic heterocycles. The molecule has 4 rings (SSSR count). The Labute approximate surface area is 210 Å². The minimum atomic E-state index is -0.869. The number of amides is 1. The smallest absolute Gasteiger partial charge is 0.303 e. The first-order chi connectivity index (χ1) is 17.3. The molecule has 6 nitrogen and oxygen atoms in total. The third kappa shape index (κ3) is 6.23. The maximum Gasteiger partial charge on any atom is 0.303 e. The van der Waals surface area contributed by atoms with Gasteiger partial charge in [0.25, 0.3) is 0 Å². The van der Waals surface area contributed by atoms with E-state index in [-0.39, 0.29) is 12.3 Å². The first kappa shape index (κ1) is 25.3. The van der Waals surface area contributed by atoms with E-state index < -0.39 is 17.7 Å². The normalized spacial score (nSPS) is 15.2. The Bertz CT molecular complexity index is 1300. The third-order valence-electron chi connectivity index (χ3n) is 6.20. The average molecular weight is 488 g/mol. The summed E-state index contributed by atoms with van der Waals surface area (Å²) in [5, 5.41) is 11.9. The van der Waals surface area contributed by atoms with Crippen LogP contribution >= 0.6 is 0 Å². The number of aryl methyl sites for hydroxylation is 2. The highest BCUT2D eigenvalue weighted by Crippen LogP contribution is 2.37. The summed E-state index contributed by atoms with van der Waals surface area (Å²) < 4.78 is 13.9. The monoisotopic (exact) mass is 487 g/mol. The molecular formula is C29H30FN3O3. The van der Waals surface area contributed by atoms with Crippen molar-refractivity contribution < 1.29 is 19.1 Å². The largest absolute Gasteiger partial charge is 0.481 e. The summed E-state index contributed by atoms with van der Waals surface area (Å²) in [6.45, 7) is 0.984. The van der Waals surface area contributed by atoms with Crippen LogP contribution in [-0.4, -0.2) is 48.2 Å². The number of carbonyl (C=O) groups is 2. The van der Waals surface area contributed by atoms with E-state index in [0.29, 0.717) is 23.4 Å². The lowest BCUT2D eigenvalue weighted by Gasteiger charge is -2.15. The molecular weight excluding hydrogens is 457 g/mol. The molecule has 3 aromatic carbocycles. The van der Waals surface area contributed by atoms with Gasteiger partial charge in [0.15, 0.2) is 0 Å². The second kappa shape index (κ2) is 11.3. The van der Waals surface area contributed by atoms with Crippen LogP contribution in [0.2, 0.25) is 0 Å². The zero-order valence-corrected chi connectivity index (χ0v) is 20.5. The topological polar surface area (TPSA) is 82.0 Å². The molecule has 0 aromatic heterocycles. The fourth-order valence-electron chi connectivity index (χ4n) is 4.46. The number of anilines is 1. The standard InChI is InChI=1S/C29H30FN3O3/c1-33(2)15-5-8-19-7-4-10-23(17-19)31-28(21-9-3-6-20(16-21)11-14-26(34)35)27-24-13-12-22(30)18-25(24)32-29(27)36/h3-4,6-7,9-10,12-13,16-18,27H,5,8,11,14-15H2,1-2H3,(H,32,36)(H,34,35). The first-order valence-corrected chi connectivity index (χ1v) is 12.0. The minimum Gasteiger partial charge on any atom is -0.481 e. The van der Waals surface area contributed by atoms with E-state index >= 15 is 0 Å². The molecule has 0 fully saturated rings. The van der Waals surface area contributed by atoms with E-state index in [4.69, 9.17) is 10.1 Å². The number of carboxylic acid groups (broad SMARTS) is 1. The zero-order valence-electron chi connectivity index (χ0n) is 20.5. The average Bonchev–Trinajstić information content (AvgIpc) is 3.16. The Hall–Kier alpha value is -3.84. The summed E-state index contributed by atoms with van der Waals surface area (Å²) in [5.74, 6) is -2.28. The van der Waals surface area contributed by atoms with Crippen LogP contribution in [0, 0.1) is 5.82 Å². The summed E-state index contributed by atoms with van der Waals surface area (Å²) >= 11 is 0. The highest BCUT2D eigenvalue weighted by atomic mass is 19.1. The number of aliphatic carboxylic acids is 1. The molecule has 3 aromatic rings. The van der Waals surface area contributed by atoms with E-state index in [0.717, 1.165) is 41.8 Å². The van der Waals surface area contributed by atoms with Gasteiger partial charge in [0.1, 0.15) is 11.7 Å². The van der Waals surface area contributed by atoms with E-state index in [1.807, 2.05) is 56.6 Å². The maximum atomic E-state index is 13.9. The van der Waals surface area contributed by atoms with Gasteiger partial charge in [0, 0.05) is 12.1 Å². The lowest BCUT2D eigenvalue weighted by molar-refractivity contribution is -0.137. The number of hydrogen-bond donors (Lipinski definition) is 2. The lowest BCUT2D eigenvalue weighted by atomic mass is 9.89. The Morgan fingerprint density at radius 2 is 1.78 bits per heavy atom. The molecule has 1 unspecified atom stereocenters. The van der Waals surface area contributed by atoms with Gasteiger partial charge in [0.2, 0.25) is 5.91 Å². The van der Waals surface area contributed by atoms with Gasteiger partial charge in [-0.25, -0.2) is 4.39 Å². The van der Waals surface area contributed by atoms with E-state index in [9.17, 15) is 14.0 Å². The van der Waals surface area contributed by atoms with Crippen molar-refractivity contribution in [1.82, 2.24) is 4.90 Å². The van der Waals surface area contributed by atoms with Crippen molar-refractivity contribution in [2.75, 3.05) is 26.0 Å². The summed E-state index contributed by atoms with van der Waals surface area (Å²) in [6.07, 6.45) is 2.31. The molecule has 2 N–H and O–H groups in total. The fraction of sp³-hybridized carbons (Fsp3) is 0.276. The zero-order chi connectivity index (χ0) is 25.7. The highest BCUT2D eigenvalue weighted by molar-refractivity contribution is 6.24. The predicted molar refractivity (Wildman–Crippen MR) is 140 cm³/mol. The van der Waals surface area contributed by atoms with Gasteiger partial charge < -0.3 is 15.3 Å². The molecule has 7 heteroatoms. The first-order valence-electron chi connectivity index (χ1n) is 12.0. The lowest BCUT2D eigenvalue weighted by Crippen LogP contribution is -2.22. The van der Waals surface area contributed by atoms with Crippen LogP contribution in [0.5, 0.6) is 0 Å². The van der Waals surface area contributed by atoms with Gasteiger partial charge in [-0.1, -0.05) is 36.4 Å². The van der Waals surface area contributed by atoms with Crippen molar-refractivity contribution in [3.8, 4) is 0 Å². The number of halogens is 1. The number of aliphatic imine (C=N–C) groups is 1. The molecule has 0 saturated carbocycles. The van der Waals surface area contributed by atoms with Gasteiger partial charge >= 0.3 is 5.97 Å². The van der Waals surface area contributed by atoms with Crippen LogP contribution < -0.4 is 5.32 Å². The van der Waals surface area contributed by atoms with Gasteiger partial charge in [-0.3, -0.25) is 14.6 Å². The quantitative estimate of drug-likeness (QED) is 0.386. The van der Waals surface area contributed by atoms with Crippen LogP contribution in [0.3, 0.4) is 0 Å². The van der Waals surface area contributed by atoms with Gasteiger partial charge in [0.05, 0.1) is 11.4 Å². The van der Waals surface area contributed by atoms with E-state index in [1.54, 1.807) is 6.07 Å². The van der Waals surface area contributed by atoms with Crippen molar-refractivity contribution in [3.05, 3.63) is 94.8 Å². The highest BCUT2D eigenvalue weighted by Gasteiger charge is 2.35. The minimum absolute atomic E-state index is 0.0109. The number of carbonyl (C=O) groups excluding carboxylic acids is 1. The van der Waals surface area contributed by atoms with Gasteiger partial charge in [-0.15, -0.1) is 0 Å². The molecule has 186 valence electrons. The van der Waals surface area contributed by atoms with Crippen molar-refractivity contribution in [3.63, 3.8) is 0 Å². The molecule has 1 amide bonds. The summed E-state index contributed by atoms with van der Waals surface area (Å²) in [6, 6.07) is 19.7. The second-order valence-corrected chi connectivity index (χ2v) is 9.32. The van der Waals surface area contributed by atoms with Gasteiger partial charge in [-0.05, 0) is 92.5 Å². The Morgan fingerprint density at radius 3 is 2.53 bits per heavy atom. The van der Waals surface area contributed by atoms with Crippen molar-refractivity contribution in [2.45, 2.75) is 31.6 Å². The van der Waals surface area contributed by atoms with Crippen LogP contribution in [-0.2, 0) is 22.4 Å². The van der Waals surface area contributed by atoms with Crippen LogP contribution in [0.15, 0.2) is 71.7 Å². The van der Waals surface area contributed by atoms with Crippen LogP contribution in [0.1, 0.15) is 41.0 Å². The second-order valence-electron chi connectivity index (χ2n) is 9.32. The van der Waals surface area contributed by atoms with Crippen molar-refractivity contribution in [1.29, 1.82) is 0 Å². The van der Waals surface area contributed by atoms with Crippen molar-refractivity contribution in [2.24, 2.45) is 4.99 Å². The number of nitrogens with one attached hydrogen (secondary N) is 1. The number of hydrogen-bond acceptors (Lipinski definition) is 4. The third-order valence-corrected chi connectivity index (χ3v) is 6.20. The van der Waals surface area contributed by atoms with Crippen LogP contribution in [0.4, 0.5) is 15.8 Å². The number of benzene rings is 3. The molecule has 1 atom stereocenters. The maximum absolute atomic E-state index is 13.9.